The van der Waals surface area contributed by atoms with Gasteiger partial charge in [0.15, 0.2) is 0 Å². The van der Waals surface area contributed by atoms with Gasteiger partial charge in [0.05, 0.1) is 0 Å². The van der Waals surface area contributed by atoms with Crippen molar-refractivity contribution in [1.29, 1.82) is 0 Å². The zero-order valence-electron chi connectivity index (χ0n) is 9.99. The molecule has 0 aromatic heterocycles. The number of hydrogen-bond acceptors (Lipinski definition) is 2. The van der Waals surface area contributed by atoms with Crippen LogP contribution in [0.3, 0.4) is 0 Å². The predicted molar refractivity (Wildman–Crippen MR) is 60.4 cm³/mol. The summed E-state index contributed by atoms with van der Waals surface area (Å²) in [7, 11) is 1.95. The first-order valence-electron chi connectivity index (χ1n) is 6.05. The van der Waals surface area contributed by atoms with Crippen LogP contribution in [0.4, 0.5) is 0 Å². The third kappa shape index (κ3) is 2.33. The van der Waals surface area contributed by atoms with Crippen molar-refractivity contribution >= 4 is 5.91 Å². The van der Waals surface area contributed by atoms with Gasteiger partial charge in [-0.05, 0) is 37.3 Å². The van der Waals surface area contributed by atoms with Gasteiger partial charge in [-0.25, -0.2) is 0 Å². The molecule has 1 aliphatic carbocycles. The standard InChI is InChI=1S/C12H22N2O/c1-8-4-10(8)7-14(3)12(15)9(2)11-5-13-6-11/h8-11,13H,4-7H2,1-3H3. The van der Waals surface area contributed by atoms with Gasteiger partial charge in [0.2, 0.25) is 5.91 Å². The van der Waals surface area contributed by atoms with Crippen LogP contribution in [-0.2, 0) is 4.79 Å². The molecule has 2 fully saturated rings. The molecule has 3 atom stereocenters. The molecule has 86 valence electrons. The number of carbonyl (C=O) groups is 1. The molecule has 0 bridgehead atoms. The average molecular weight is 210 g/mol. The van der Waals surface area contributed by atoms with Crippen LogP contribution in [0, 0.1) is 23.7 Å². The first kappa shape index (κ1) is 10.9. The maximum absolute atomic E-state index is 12.0. The van der Waals surface area contributed by atoms with Gasteiger partial charge in [-0.1, -0.05) is 13.8 Å². The summed E-state index contributed by atoms with van der Waals surface area (Å²) in [4.78, 5) is 14.0. The molecule has 1 aliphatic heterocycles. The summed E-state index contributed by atoms with van der Waals surface area (Å²) in [6.45, 7) is 7.33. The Hall–Kier alpha value is -0.570. The van der Waals surface area contributed by atoms with Crippen LogP contribution >= 0.6 is 0 Å². The first-order valence-corrected chi connectivity index (χ1v) is 6.05. The van der Waals surface area contributed by atoms with E-state index >= 15 is 0 Å². The second-order valence-electron chi connectivity index (χ2n) is 5.40. The van der Waals surface area contributed by atoms with Crippen LogP contribution in [0.15, 0.2) is 0 Å². The maximum Gasteiger partial charge on any atom is 0.225 e. The van der Waals surface area contributed by atoms with E-state index in [1.165, 1.54) is 6.42 Å². The Morgan fingerprint density at radius 2 is 2.13 bits per heavy atom. The highest BCUT2D eigenvalue weighted by atomic mass is 16.2. The van der Waals surface area contributed by atoms with E-state index < -0.39 is 0 Å². The smallest absolute Gasteiger partial charge is 0.225 e. The number of carbonyl (C=O) groups excluding carboxylic acids is 1. The number of amides is 1. The lowest BCUT2D eigenvalue weighted by Crippen LogP contribution is -2.50. The molecule has 2 rings (SSSR count). The van der Waals surface area contributed by atoms with Gasteiger partial charge in [-0.3, -0.25) is 4.79 Å². The molecule has 3 nitrogen and oxygen atoms in total. The quantitative estimate of drug-likeness (QED) is 0.749. The van der Waals surface area contributed by atoms with E-state index in [1.54, 1.807) is 0 Å². The van der Waals surface area contributed by atoms with E-state index in [-0.39, 0.29) is 5.92 Å². The van der Waals surface area contributed by atoms with Gasteiger partial charge in [0.25, 0.3) is 0 Å². The zero-order valence-corrected chi connectivity index (χ0v) is 9.99. The molecule has 1 saturated heterocycles. The van der Waals surface area contributed by atoms with Crippen molar-refractivity contribution in [3.63, 3.8) is 0 Å². The van der Waals surface area contributed by atoms with Gasteiger partial charge in [-0.15, -0.1) is 0 Å². The molecule has 0 aromatic rings. The fraction of sp³-hybridized carbons (Fsp3) is 0.917. The first-order chi connectivity index (χ1) is 7.09. The number of nitrogens with zero attached hydrogens (tertiary/aromatic N) is 1. The van der Waals surface area contributed by atoms with Crippen molar-refractivity contribution in [2.45, 2.75) is 20.3 Å². The molecule has 1 amide bonds. The van der Waals surface area contributed by atoms with Crippen LogP contribution < -0.4 is 5.32 Å². The molecule has 1 N–H and O–H groups in total. The minimum Gasteiger partial charge on any atom is -0.345 e. The normalized spacial score (nSPS) is 31.9. The average Bonchev–Trinajstić information content (AvgIpc) is 2.77. The van der Waals surface area contributed by atoms with E-state index in [1.807, 2.05) is 11.9 Å². The number of hydrogen-bond donors (Lipinski definition) is 1. The molecule has 1 heterocycles. The van der Waals surface area contributed by atoms with Gasteiger partial charge < -0.3 is 10.2 Å². The molecule has 2 aliphatic rings. The number of rotatable bonds is 4. The molecule has 3 unspecified atom stereocenters. The summed E-state index contributed by atoms with van der Waals surface area (Å²) in [5, 5.41) is 3.23. The third-order valence-corrected chi connectivity index (χ3v) is 4.07. The van der Waals surface area contributed by atoms with E-state index in [9.17, 15) is 4.79 Å². The highest BCUT2D eigenvalue weighted by Gasteiger charge is 2.36. The maximum atomic E-state index is 12.0. The summed E-state index contributed by atoms with van der Waals surface area (Å²) < 4.78 is 0. The fourth-order valence-electron chi connectivity index (χ4n) is 2.31. The summed E-state index contributed by atoms with van der Waals surface area (Å²) in [5.41, 5.74) is 0. The van der Waals surface area contributed by atoms with Crippen molar-refractivity contribution < 1.29 is 4.79 Å². The van der Waals surface area contributed by atoms with Crippen molar-refractivity contribution in [2.75, 3.05) is 26.7 Å². The molecule has 0 aromatic carbocycles. The summed E-state index contributed by atoms with van der Waals surface area (Å²) in [6, 6.07) is 0. The summed E-state index contributed by atoms with van der Waals surface area (Å²) in [6.07, 6.45) is 1.30. The van der Waals surface area contributed by atoms with Crippen LogP contribution in [-0.4, -0.2) is 37.5 Å². The van der Waals surface area contributed by atoms with Crippen LogP contribution in [0.1, 0.15) is 20.3 Å². The van der Waals surface area contributed by atoms with Gasteiger partial charge in [-0.2, -0.15) is 0 Å². The van der Waals surface area contributed by atoms with Gasteiger partial charge >= 0.3 is 0 Å². The van der Waals surface area contributed by atoms with Crippen molar-refractivity contribution in [1.82, 2.24) is 10.2 Å². The lowest BCUT2D eigenvalue weighted by atomic mass is 9.88. The molecule has 3 heteroatoms. The Morgan fingerprint density at radius 1 is 1.53 bits per heavy atom. The third-order valence-electron chi connectivity index (χ3n) is 4.07. The Labute approximate surface area is 92.2 Å². The Balaban J connectivity index is 1.78. The molecule has 1 saturated carbocycles. The minimum atomic E-state index is 0.199. The SMILES string of the molecule is CC1CC1CN(C)C(=O)C(C)C1CNC1. The molecule has 0 spiro atoms. The highest BCUT2D eigenvalue weighted by molar-refractivity contribution is 5.78. The van der Waals surface area contributed by atoms with E-state index in [2.05, 4.69) is 19.2 Å². The van der Waals surface area contributed by atoms with Crippen molar-refractivity contribution in [3.05, 3.63) is 0 Å². The Kier molecular flexibility index (Phi) is 3.01. The zero-order chi connectivity index (χ0) is 11.0. The van der Waals surface area contributed by atoms with E-state index in [0.29, 0.717) is 11.8 Å². The van der Waals surface area contributed by atoms with Gasteiger partial charge in [0.1, 0.15) is 0 Å². The van der Waals surface area contributed by atoms with E-state index in [4.69, 9.17) is 0 Å². The topological polar surface area (TPSA) is 32.3 Å². The van der Waals surface area contributed by atoms with E-state index in [0.717, 1.165) is 31.5 Å². The second kappa shape index (κ2) is 4.12. The molecule has 15 heavy (non-hydrogen) atoms. The van der Waals surface area contributed by atoms with Crippen LogP contribution in [0.2, 0.25) is 0 Å². The predicted octanol–water partition coefficient (Wildman–Crippen LogP) is 0.956. The Bertz CT molecular complexity index is 250. The molecular weight excluding hydrogens is 188 g/mol. The molecule has 0 radical (unpaired) electrons. The fourth-order valence-corrected chi connectivity index (χ4v) is 2.31. The Morgan fingerprint density at radius 3 is 2.53 bits per heavy atom. The van der Waals surface area contributed by atoms with Gasteiger partial charge in [0, 0.05) is 19.5 Å². The minimum absolute atomic E-state index is 0.199. The second-order valence-corrected chi connectivity index (χ2v) is 5.40. The lowest BCUT2D eigenvalue weighted by Gasteiger charge is -2.34. The lowest BCUT2D eigenvalue weighted by molar-refractivity contribution is -0.136. The number of nitrogens with one attached hydrogen (secondary N) is 1. The van der Waals surface area contributed by atoms with Crippen molar-refractivity contribution in [3.8, 4) is 0 Å². The largest absolute Gasteiger partial charge is 0.345 e. The molecular formula is C12H22N2O. The monoisotopic (exact) mass is 210 g/mol. The summed E-state index contributed by atoms with van der Waals surface area (Å²) >= 11 is 0. The summed E-state index contributed by atoms with van der Waals surface area (Å²) in [5.74, 6) is 2.70. The highest BCUT2D eigenvalue weighted by Crippen LogP contribution is 2.38. The van der Waals surface area contributed by atoms with Crippen LogP contribution in [0.5, 0.6) is 0 Å². The van der Waals surface area contributed by atoms with Crippen molar-refractivity contribution in [2.24, 2.45) is 23.7 Å². The van der Waals surface area contributed by atoms with Crippen LogP contribution in [0.25, 0.3) is 0 Å².